The fraction of sp³-hybridized carbons (Fsp3) is 0.250. The Hall–Kier alpha value is -1.48. The predicted molar refractivity (Wildman–Crippen MR) is 64.7 cm³/mol. The first-order chi connectivity index (χ1) is 7.59. The van der Waals surface area contributed by atoms with Gasteiger partial charge in [0, 0.05) is 11.6 Å². The van der Waals surface area contributed by atoms with Gasteiger partial charge in [0.05, 0.1) is 11.9 Å². The molecule has 2 aromatic rings. The molecule has 0 radical (unpaired) electrons. The van der Waals surface area contributed by atoms with Gasteiger partial charge in [0.1, 0.15) is 5.75 Å². The third-order valence-corrected chi connectivity index (χ3v) is 2.71. The number of halogens is 1. The Morgan fingerprint density at radius 2 is 1.88 bits per heavy atom. The highest BCUT2D eigenvalue weighted by atomic mass is 35.5. The summed E-state index contributed by atoms with van der Waals surface area (Å²) < 4.78 is 1.95. The van der Waals surface area contributed by atoms with Gasteiger partial charge in [0.2, 0.25) is 5.28 Å². The SMILES string of the molecule is CC(C)n1c(-c2ccc(O)cc2)cnc1Cl. The van der Waals surface area contributed by atoms with Gasteiger partial charge in [-0.25, -0.2) is 4.98 Å². The number of aromatic nitrogens is 2. The first-order valence-corrected chi connectivity index (χ1v) is 5.49. The zero-order valence-corrected chi connectivity index (χ0v) is 9.94. The molecule has 0 amide bonds. The molecule has 1 N–H and O–H groups in total. The van der Waals surface area contributed by atoms with Crippen LogP contribution in [0.3, 0.4) is 0 Å². The predicted octanol–water partition coefficient (Wildman–Crippen LogP) is 3.49. The number of nitrogens with zero attached hydrogens (tertiary/aromatic N) is 2. The second-order valence-corrected chi connectivity index (χ2v) is 4.26. The minimum absolute atomic E-state index is 0.249. The lowest BCUT2D eigenvalue weighted by Crippen LogP contribution is -2.02. The Morgan fingerprint density at radius 1 is 1.25 bits per heavy atom. The third kappa shape index (κ3) is 1.91. The standard InChI is InChI=1S/C12H13ClN2O/c1-8(2)15-11(7-14-12(15)13)9-3-5-10(16)6-4-9/h3-8,16H,1-2H3. The largest absolute Gasteiger partial charge is 0.508 e. The van der Waals surface area contributed by atoms with Gasteiger partial charge in [-0.15, -0.1) is 0 Å². The molecule has 0 saturated heterocycles. The lowest BCUT2D eigenvalue weighted by molar-refractivity contribution is 0.475. The zero-order chi connectivity index (χ0) is 11.7. The number of hydrogen-bond acceptors (Lipinski definition) is 2. The van der Waals surface area contributed by atoms with Crippen molar-refractivity contribution < 1.29 is 5.11 Å². The summed E-state index contributed by atoms with van der Waals surface area (Å²) in [5.74, 6) is 0.255. The van der Waals surface area contributed by atoms with Crippen LogP contribution >= 0.6 is 11.6 Å². The van der Waals surface area contributed by atoms with Gasteiger partial charge in [0.25, 0.3) is 0 Å². The van der Waals surface area contributed by atoms with Crippen LogP contribution in [0.1, 0.15) is 19.9 Å². The highest BCUT2D eigenvalue weighted by Gasteiger charge is 2.12. The van der Waals surface area contributed by atoms with Crippen molar-refractivity contribution in [2.24, 2.45) is 0 Å². The average Bonchev–Trinajstić information content (AvgIpc) is 2.61. The van der Waals surface area contributed by atoms with Crippen molar-refractivity contribution >= 4 is 11.6 Å². The van der Waals surface area contributed by atoms with Crippen LogP contribution in [-0.4, -0.2) is 14.7 Å². The van der Waals surface area contributed by atoms with Gasteiger partial charge in [-0.3, -0.25) is 0 Å². The van der Waals surface area contributed by atoms with Crippen LogP contribution in [0.4, 0.5) is 0 Å². The molecule has 0 aliphatic carbocycles. The summed E-state index contributed by atoms with van der Waals surface area (Å²) >= 11 is 6.02. The van der Waals surface area contributed by atoms with Crippen molar-refractivity contribution in [2.75, 3.05) is 0 Å². The molecule has 2 rings (SSSR count). The molecule has 1 heterocycles. The summed E-state index contributed by atoms with van der Waals surface area (Å²) in [7, 11) is 0. The maximum atomic E-state index is 9.24. The molecule has 84 valence electrons. The van der Waals surface area contributed by atoms with Crippen LogP contribution in [0.5, 0.6) is 5.75 Å². The van der Waals surface area contributed by atoms with Gasteiger partial charge < -0.3 is 9.67 Å². The number of phenols is 1. The van der Waals surface area contributed by atoms with E-state index in [4.69, 9.17) is 11.6 Å². The Labute approximate surface area is 99.3 Å². The van der Waals surface area contributed by atoms with Crippen molar-refractivity contribution in [3.05, 3.63) is 35.7 Å². The van der Waals surface area contributed by atoms with Crippen molar-refractivity contribution in [3.8, 4) is 17.0 Å². The minimum atomic E-state index is 0.249. The Kier molecular flexibility index (Phi) is 2.88. The highest BCUT2D eigenvalue weighted by Crippen LogP contribution is 2.27. The second kappa shape index (κ2) is 4.18. The Morgan fingerprint density at radius 3 is 2.44 bits per heavy atom. The Balaban J connectivity index is 2.52. The van der Waals surface area contributed by atoms with Gasteiger partial charge >= 0.3 is 0 Å². The van der Waals surface area contributed by atoms with Crippen LogP contribution < -0.4 is 0 Å². The van der Waals surface area contributed by atoms with Gasteiger partial charge in [-0.1, -0.05) is 0 Å². The fourth-order valence-corrected chi connectivity index (χ4v) is 2.01. The summed E-state index contributed by atoms with van der Waals surface area (Å²) in [5.41, 5.74) is 1.95. The molecular formula is C12H13ClN2O. The van der Waals surface area contributed by atoms with E-state index in [1.165, 1.54) is 0 Å². The molecule has 0 unspecified atom stereocenters. The summed E-state index contributed by atoms with van der Waals surface area (Å²) in [4.78, 5) is 4.10. The number of aromatic hydroxyl groups is 1. The number of rotatable bonds is 2. The normalized spacial score (nSPS) is 11.0. The average molecular weight is 237 g/mol. The summed E-state index contributed by atoms with van der Waals surface area (Å²) in [5, 5.41) is 9.72. The maximum Gasteiger partial charge on any atom is 0.203 e. The van der Waals surface area contributed by atoms with Gasteiger partial charge in [-0.05, 0) is 49.7 Å². The van der Waals surface area contributed by atoms with Crippen molar-refractivity contribution in [3.63, 3.8) is 0 Å². The van der Waals surface area contributed by atoms with Crippen molar-refractivity contribution in [1.82, 2.24) is 9.55 Å². The molecule has 0 bridgehead atoms. The summed E-state index contributed by atoms with van der Waals surface area (Å²) in [6, 6.07) is 7.25. The van der Waals surface area contributed by atoms with E-state index in [1.54, 1.807) is 18.3 Å². The van der Waals surface area contributed by atoms with E-state index in [9.17, 15) is 5.11 Å². The molecule has 4 heteroatoms. The highest BCUT2D eigenvalue weighted by molar-refractivity contribution is 6.28. The third-order valence-electron chi connectivity index (χ3n) is 2.43. The molecule has 1 aromatic carbocycles. The van der Waals surface area contributed by atoms with E-state index in [0.29, 0.717) is 5.28 Å². The molecule has 16 heavy (non-hydrogen) atoms. The fourth-order valence-electron chi connectivity index (χ4n) is 1.68. The van der Waals surface area contributed by atoms with Crippen molar-refractivity contribution in [2.45, 2.75) is 19.9 Å². The van der Waals surface area contributed by atoms with E-state index in [1.807, 2.05) is 16.7 Å². The Bertz CT molecular complexity index is 488. The lowest BCUT2D eigenvalue weighted by atomic mass is 10.1. The molecule has 1 aromatic heterocycles. The molecule has 0 fully saturated rings. The smallest absolute Gasteiger partial charge is 0.203 e. The van der Waals surface area contributed by atoms with Crippen LogP contribution in [0.2, 0.25) is 5.28 Å². The van der Waals surface area contributed by atoms with Crippen LogP contribution in [0.25, 0.3) is 11.3 Å². The first-order valence-electron chi connectivity index (χ1n) is 5.11. The quantitative estimate of drug-likeness (QED) is 0.867. The lowest BCUT2D eigenvalue weighted by Gasteiger charge is -2.13. The van der Waals surface area contributed by atoms with E-state index in [-0.39, 0.29) is 11.8 Å². The van der Waals surface area contributed by atoms with E-state index >= 15 is 0 Å². The minimum Gasteiger partial charge on any atom is -0.508 e. The molecular weight excluding hydrogens is 224 g/mol. The number of hydrogen-bond donors (Lipinski definition) is 1. The second-order valence-electron chi connectivity index (χ2n) is 3.92. The van der Waals surface area contributed by atoms with Crippen LogP contribution in [0, 0.1) is 0 Å². The number of benzene rings is 1. The van der Waals surface area contributed by atoms with Crippen molar-refractivity contribution in [1.29, 1.82) is 0 Å². The zero-order valence-electron chi connectivity index (χ0n) is 9.18. The topological polar surface area (TPSA) is 38.0 Å². The number of phenolic OH excluding ortho intramolecular Hbond substituents is 1. The molecule has 0 saturated carbocycles. The van der Waals surface area contributed by atoms with E-state index in [0.717, 1.165) is 11.3 Å². The molecule has 0 atom stereocenters. The van der Waals surface area contributed by atoms with E-state index in [2.05, 4.69) is 18.8 Å². The first kappa shape index (κ1) is 11.0. The van der Waals surface area contributed by atoms with Crippen LogP contribution in [0.15, 0.2) is 30.5 Å². The molecule has 0 spiro atoms. The monoisotopic (exact) mass is 236 g/mol. The van der Waals surface area contributed by atoms with E-state index < -0.39 is 0 Å². The molecule has 0 aliphatic heterocycles. The van der Waals surface area contributed by atoms with Gasteiger partial charge in [0.15, 0.2) is 0 Å². The number of imidazole rings is 1. The summed E-state index contributed by atoms with van der Waals surface area (Å²) in [6.45, 7) is 4.11. The van der Waals surface area contributed by atoms with Crippen LogP contribution in [-0.2, 0) is 0 Å². The maximum absolute atomic E-state index is 9.24. The molecule has 3 nitrogen and oxygen atoms in total. The summed E-state index contributed by atoms with van der Waals surface area (Å²) in [6.07, 6.45) is 1.74. The molecule has 0 aliphatic rings. The van der Waals surface area contributed by atoms with Gasteiger partial charge in [-0.2, -0.15) is 0 Å².